The monoisotopic (exact) mass is 199 g/mol. The summed E-state index contributed by atoms with van der Waals surface area (Å²) in [6, 6.07) is 0. The largest absolute Gasteiger partial charge is 0.390 e. The average Bonchev–Trinajstić information content (AvgIpc) is 2.47. The minimum Gasteiger partial charge on any atom is -0.390 e. The molecular formula is C9H17N3O2. The van der Waals surface area contributed by atoms with E-state index in [-0.39, 0.29) is 0 Å². The molecule has 0 aliphatic heterocycles. The van der Waals surface area contributed by atoms with Gasteiger partial charge in [-0.15, -0.1) is 5.10 Å². The first kappa shape index (κ1) is 11.1. The molecule has 0 radical (unpaired) electrons. The Bertz CT molecular complexity index is 283. The Morgan fingerprint density at radius 2 is 2.36 bits per heavy atom. The fraction of sp³-hybridized carbons (Fsp3) is 0.778. The van der Waals surface area contributed by atoms with Gasteiger partial charge >= 0.3 is 0 Å². The van der Waals surface area contributed by atoms with Crippen LogP contribution in [0.2, 0.25) is 0 Å². The van der Waals surface area contributed by atoms with E-state index in [0.717, 1.165) is 5.69 Å². The summed E-state index contributed by atoms with van der Waals surface area (Å²) in [4.78, 5) is 0. The standard InChI is InChI=1S/C9H17N3O2/c1-9(13,4-5-14-3)6-8-7-12(2)11-10-8/h7,13H,4-6H2,1-3H3. The Morgan fingerprint density at radius 1 is 1.64 bits per heavy atom. The van der Waals surface area contributed by atoms with Crippen LogP contribution in [0.5, 0.6) is 0 Å². The Kier molecular flexibility index (Phi) is 3.60. The predicted molar refractivity (Wildman–Crippen MR) is 51.8 cm³/mol. The molecule has 1 unspecified atom stereocenters. The third-order valence-electron chi connectivity index (χ3n) is 2.06. The van der Waals surface area contributed by atoms with E-state index in [1.165, 1.54) is 0 Å². The Hall–Kier alpha value is -0.940. The van der Waals surface area contributed by atoms with Gasteiger partial charge in [0.25, 0.3) is 0 Å². The fourth-order valence-electron chi connectivity index (χ4n) is 1.28. The van der Waals surface area contributed by atoms with Gasteiger partial charge in [-0.2, -0.15) is 0 Å². The lowest BCUT2D eigenvalue weighted by atomic mass is 9.97. The lowest BCUT2D eigenvalue weighted by Gasteiger charge is -2.21. The lowest BCUT2D eigenvalue weighted by molar-refractivity contribution is 0.0241. The number of rotatable bonds is 5. The van der Waals surface area contributed by atoms with Gasteiger partial charge in [-0.3, -0.25) is 4.68 Å². The number of ether oxygens (including phenoxy) is 1. The molecule has 1 heterocycles. The Balaban J connectivity index is 2.49. The third kappa shape index (κ3) is 3.43. The van der Waals surface area contributed by atoms with E-state index >= 15 is 0 Å². The van der Waals surface area contributed by atoms with E-state index in [2.05, 4.69) is 10.3 Å². The van der Waals surface area contributed by atoms with Crippen molar-refractivity contribution in [1.29, 1.82) is 0 Å². The summed E-state index contributed by atoms with van der Waals surface area (Å²) in [7, 11) is 3.43. The van der Waals surface area contributed by atoms with Crippen molar-refractivity contribution in [3.05, 3.63) is 11.9 Å². The number of aliphatic hydroxyl groups is 1. The van der Waals surface area contributed by atoms with Crippen LogP contribution in [0.3, 0.4) is 0 Å². The summed E-state index contributed by atoms with van der Waals surface area (Å²) in [6.45, 7) is 2.33. The number of nitrogens with zero attached hydrogens (tertiary/aromatic N) is 3. The van der Waals surface area contributed by atoms with Gasteiger partial charge in [0.2, 0.25) is 0 Å². The number of hydrogen-bond acceptors (Lipinski definition) is 4. The topological polar surface area (TPSA) is 60.2 Å². The number of aromatic nitrogens is 3. The molecule has 1 atom stereocenters. The van der Waals surface area contributed by atoms with E-state index < -0.39 is 5.60 Å². The summed E-state index contributed by atoms with van der Waals surface area (Å²) in [5.74, 6) is 0. The van der Waals surface area contributed by atoms with Crippen molar-refractivity contribution in [2.75, 3.05) is 13.7 Å². The van der Waals surface area contributed by atoms with Gasteiger partial charge in [-0.1, -0.05) is 5.21 Å². The first-order valence-electron chi connectivity index (χ1n) is 4.60. The van der Waals surface area contributed by atoms with Crippen molar-refractivity contribution in [2.24, 2.45) is 7.05 Å². The van der Waals surface area contributed by atoms with Crippen molar-refractivity contribution in [2.45, 2.75) is 25.4 Å². The zero-order valence-corrected chi connectivity index (χ0v) is 8.90. The normalized spacial score (nSPS) is 15.4. The zero-order chi connectivity index (χ0) is 10.6. The van der Waals surface area contributed by atoms with Crippen molar-refractivity contribution in [3.8, 4) is 0 Å². The highest BCUT2D eigenvalue weighted by atomic mass is 16.5. The molecular weight excluding hydrogens is 182 g/mol. The molecule has 5 nitrogen and oxygen atoms in total. The SMILES string of the molecule is COCCC(C)(O)Cc1cn(C)nn1. The lowest BCUT2D eigenvalue weighted by Crippen LogP contribution is -2.29. The summed E-state index contributed by atoms with van der Waals surface area (Å²) in [6.07, 6.45) is 2.91. The van der Waals surface area contributed by atoms with E-state index in [0.29, 0.717) is 19.4 Å². The second-order valence-electron chi connectivity index (χ2n) is 3.80. The maximum absolute atomic E-state index is 9.95. The number of methoxy groups -OCH3 is 1. The van der Waals surface area contributed by atoms with Crippen LogP contribution in [0.25, 0.3) is 0 Å². The van der Waals surface area contributed by atoms with Gasteiger partial charge in [0, 0.05) is 33.4 Å². The van der Waals surface area contributed by atoms with Gasteiger partial charge in [0.05, 0.1) is 11.3 Å². The molecule has 1 aromatic rings. The smallest absolute Gasteiger partial charge is 0.0855 e. The highest BCUT2D eigenvalue weighted by Gasteiger charge is 2.21. The van der Waals surface area contributed by atoms with Crippen LogP contribution >= 0.6 is 0 Å². The molecule has 1 N–H and O–H groups in total. The van der Waals surface area contributed by atoms with Crippen molar-refractivity contribution >= 4 is 0 Å². The molecule has 0 saturated heterocycles. The first-order chi connectivity index (χ1) is 6.53. The predicted octanol–water partition coefficient (Wildman–Crippen LogP) is 0.145. The van der Waals surface area contributed by atoms with Crippen LogP contribution in [0.15, 0.2) is 6.20 Å². The van der Waals surface area contributed by atoms with Crippen LogP contribution in [0.1, 0.15) is 19.0 Å². The molecule has 0 saturated carbocycles. The second kappa shape index (κ2) is 4.52. The van der Waals surface area contributed by atoms with Gasteiger partial charge in [0.15, 0.2) is 0 Å². The van der Waals surface area contributed by atoms with Gasteiger partial charge < -0.3 is 9.84 Å². The van der Waals surface area contributed by atoms with Crippen LogP contribution in [-0.2, 0) is 18.2 Å². The number of hydrogen-bond donors (Lipinski definition) is 1. The quantitative estimate of drug-likeness (QED) is 0.733. The second-order valence-corrected chi connectivity index (χ2v) is 3.80. The van der Waals surface area contributed by atoms with E-state index in [4.69, 9.17) is 4.74 Å². The molecule has 0 bridgehead atoms. The first-order valence-corrected chi connectivity index (χ1v) is 4.60. The summed E-state index contributed by atoms with van der Waals surface area (Å²) in [5, 5.41) is 17.7. The van der Waals surface area contributed by atoms with Crippen LogP contribution in [0.4, 0.5) is 0 Å². The van der Waals surface area contributed by atoms with E-state index in [9.17, 15) is 5.11 Å². The maximum Gasteiger partial charge on any atom is 0.0855 e. The third-order valence-corrected chi connectivity index (χ3v) is 2.06. The summed E-state index contributed by atoms with van der Waals surface area (Å²) >= 11 is 0. The Morgan fingerprint density at radius 3 is 2.86 bits per heavy atom. The summed E-state index contributed by atoms with van der Waals surface area (Å²) < 4.78 is 6.55. The van der Waals surface area contributed by atoms with Gasteiger partial charge in [-0.05, 0) is 13.3 Å². The van der Waals surface area contributed by atoms with Gasteiger partial charge in [0.1, 0.15) is 0 Å². The highest BCUT2D eigenvalue weighted by Crippen LogP contribution is 2.14. The highest BCUT2D eigenvalue weighted by molar-refractivity contribution is 4.97. The minimum absolute atomic E-state index is 0.504. The van der Waals surface area contributed by atoms with Crippen LogP contribution < -0.4 is 0 Å². The fourth-order valence-corrected chi connectivity index (χ4v) is 1.28. The number of aryl methyl sites for hydroxylation is 1. The average molecular weight is 199 g/mol. The van der Waals surface area contributed by atoms with Gasteiger partial charge in [-0.25, -0.2) is 0 Å². The van der Waals surface area contributed by atoms with E-state index in [1.54, 1.807) is 32.0 Å². The van der Waals surface area contributed by atoms with Crippen LogP contribution in [0, 0.1) is 0 Å². The zero-order valence-electron chi connectivity index (χ0n) is 8.90. The minimum atomic E-state index is -0.772. The Labute approximate surface area is 83.7 Å². The molecule has 0 amide bonds. The molecule has 0 fully saturated rings. The van der Waals surface area contributed by atoms with Crippen molar-refractivity contribution in [3.63, 3.8) is 0 Å². The van der Waals surface area contributed by atoms with E-state index in [1.807, 2.05) is 0 Å². The maximum atomic E-state index is 9.95. The molecule has 0 aliphatic rings. The molecule has 1 aromatic heterocycles. The van der Waals surface area contributed by atoms with Crippen molar-refractivity contribution in [1.82, 2.24) is 15.0 Å². The van der Waals surface area contributed by atoms with Crippen molar-refractivity contribution < 1.29 is 9.84 Å². The molecule has 0 aromatic carbocycles. The molecule has 5 heteroatoms. The molecule has 0 spiro atoms. The van der Waals surface area contributed by atoms with Crippen LogP contribution in [-0.4, -0.2) is 39.4 Å². The molecule has 80 valence electrons. The summed E-state index contributed by atoms with van der Waals surface area (Å²) in [5.41, 5.74) is 0.0279. The molecule has 14 heavy (non-hydrogen) atoms. The molecule has 1 rings (SSSR count). The molecule has 0 aliphatic carbocycles.